The highest BCUT2D eigenvalue weighted by molar-refractivity contribution is 6.10. The number of nitrogens with zero attached hydrogens (tertiary/aromatic N) is 1. The van der Waals surface area contributed by atoms with Crippen LogP contribution in [0.3, 0.4) is 0 Å². The van der Waals surface area contributed by atoms with Crippen LogP contribution in [0.4, 0.5) is 17.1 Å². The van der Waals surface area contributed by atoms with E-state index in [1.54, 1.807) is 0 Å². The van der Waals surface area contributed by atoms with Gasteiger partial charge in [0.15, 0.2) is 0 Å². The van der Waals surface area contributed by atoms with E-state index < -0.39 is 0 Å². The first-order valence-electron chi connectivity index (χ1n) is 19.8. The topological polar surface area (TPSA) is 9.37 Å². The lowest BCUT2D eigenvalue weighted by atomic mass is 9.82. The quantitative estimate of drug-likeness (QED) is 0.181. The Morgan fingerprint density at radius 3 is 1.46 bits per heavy atom. The van der Waals surface area contributed by atoms with Gasteiger partial charge in [-0.3, -0.25) is 0 Å². The maximum Gasteiger partial charge on any atom is 0.141 e. The van der Waals surface area contributed by atoms with Crippen LogP contribution in [0.15, 0.2) is 182 Å². The summed E-state index contributed by atoms with van der Waals surface area (Å²) in [6.45, 7) is 9.50. The predicted octanol–water partition coefficient (Wildman–Crippen LogP) is 13.2. The molecule has 0 bridgehead atoms. The van der Waals surface area contributed by atoms with Crippen LogP contribution < -0.4 is 4.90 Å². The number of nitrogens with one attached hydrogen (secondary N) is 1. The van der Waals surface area contributed by atoms with Crippen molar-refractivity contribution < 1.29 is 4.90 Å². The van der Waals surface area contributed by atoms with E-state index in [0.717, 1.165) is 0 Å². The molecule has 2 heteroatoms. The minimum atomic E-state index is -0.0826. The zero-order valence-electron chi connectivity index (χ0n) is 32.3. The Balaban J connectivity index is 1.04. The Morgan fingerprint density at radius 2 is 0.839 bits per heavy atom. The number of aromatic nitrogens is 1. The molecule has 2 nitrogen and oxygen atoms in total. The highest BCUT2D eigenvalue weighted by Crippen LogP contribution is 2.51. The summed E-state index contributed by atoms with van der Waals surface area (Å²) in [6, 6.07) is 67.9. The number of hydrogen-bond acceptors (Lipinski definition) is 0. The molecule has 0 saturated heterocycles. The summed E-state index contributed by atoms with van der Waals surface area (Å²) in [5.74, 6) is 0. The minimum Gasteiger partial charge on any atom is -0.309 e. The molecule has 0 aliphatic heterocycles. The van der Waals surface area contributed by atoms with Gasteiger partial charge in [0.1, 0.15) is 17.1 Å². The van der Waals surface area contributed by atoms with Gasteiger partial charge in [-0.2, -0.15) is 0 Å². The van der Waals surface area contributed by atoms with E-state index in [0.29, 0.717) is 0 Å². The molecule has 1 N–H and O–H groups in total. The average molecular weight is 720 g/mol. The summed E-state index contributed by atoms with van der Waals surface area (Å²) in [4.78, 5) is 1.27. The van der Waals surface area contributed by atoms with Crippen molar-refractivity contribution in [1.82, 2.24) is 4.57 Å². The minimum absolute atomic E-state index is 0.0826. The van der Waals surface area contributed by atoms with Gasteiger partial charge in [-0.15, -0.1) is 0 Å². The molecule has 8 aromatic carbocycles. The summed E-state index contributed by atoms with van der Waals surface area (Å²) < 4.78 is 2.38. The van der Waals surface area contributed by atoms with Crippen molar-refractivity contribution in [3.8, 4) is 39.1 Å². The van der Waals surface area contributed by atoms with Crippen LogP contribution in [0.5, 0.6) is 0 Å². The fraction of sp³-hybridized carbons (Fsp3) is 0.111. The smallest absolute Gasteiger partial charge is 0.141 e. The van der Waals surface area contributed by atoms with Gasteiger partial charge in [0.25, 0.3) is 0 Å². The SMILES string of the molecule is CC1(C)c2ccccc2-c2ccc([NH+](c3ccc(-c4ccc5c(c4)c4ccccc4n5-c4ccccc4)cc3)c3ccc4c(c3)C(C)(C)c3ccccc3-4)cc21. The highest BCUT2D eigenvalue weighted by Gasteiger charge is 2.38. The van der Waals surface area contributed by atoms with Crippen LogP contribution in [-0.4, -0.2) is 4.57 Å². The van der Waals surface area contributed by atoms with Crippen LogP contribution in [0.2, 0.25) is 0 Å². The van der Waals surface area contributed by atoms with E-state index in [1.807, 2.05) is 0 Å². The molecule has 9 aromatic rings. The van der Waals surface area contributed by atoms with Gasteiger partial charge in [0.05, 0.1) is 11.0 Å². The van der Waals surface area contributed by atoms with Gasteiger partial charge in [0, 0.05) is 63.7 Å². The molecule has 0 atom stereocenters. The second kappa shape index (κ2) is 12.0. The standard InChI is InChI=1S/C54H42N2/c1-53(2)47-19-11-8-16-41(47)43-29-27-39(33-49(43)53)55(40-28-30-44-42-17-9-12-20-48(42)54(3,4)50(44)34-40)38-25-22-35(23-26-38)36-24-31-52-46(32-36)45-18-10-13-21-51(45)56(52)37-14-6-5-7-15-37/h5-34H,1-4H3/p+1. The third-order valence-corrected chi connectivity index (χ3v) is 12.9. The molecular weight excluding hydrogens is 677 g/mol. The molecule has 0 unspecified atom stereocenters. The summed E-state index contributed by atoms with van der Waals surface area (Å²) >= 11 is 0. The molecule has 0 fully saturated rings. The van der Waals surface area contributed by atoms with Crippen molar-refractivity contribution in [3.05, 3.63) is 204 Å². The summed E-state index contributed by atoms with van der Waals surface area (Å²) in [6.07, 6.45) is 0. The van der Waals surface area contributed by atoms with Gasteiger partial charge in [-0.05, 0) is 110 Å². The zero-order valence-corrected chi connectivity index (χ0v) is 32.3. The molecule has 0 saturated carbocycles. The average Bonchev–Trinajstić information content (AvgIpc) is 3.78. The van der Waals surface area contributed by atoms with Gasteiger partial charge in [-0.1, -0.05) is 119 Å². The third-order valence-electron chi connectivity index (χ3n) is 12.9. The van der Waals surface area contributed by atoms with Crippen LogP contribution in [-0.2, 0) is 10.8 Å². The predicted molar refractivity (Wildman–Crippen MR) is 234 cm³/mol. The fourth-order valence-electron chi connectivity index (χ4n) is 10.1. The van der Waals surface area contributed by atoms with E-state index in [2.05, 4.69) is 214 Å². The molecule has 0 radical (unpaired) electrons. The second-order valence-corrected chi connectivity index (χ2v) is 16.7. The summed E-state index contributed by atoms with van der Waals surface area (Å²) in [5.41, 5.74) is 20.6. The van der Waals surface area contributed by atoms with Crippen LogP contribution in [0.1, 0.15) is 49.9 Å². The van der Waals surface area contributed by atoms with E-state index in [9.17, 15) is 0 Å². The second-order valence-electron chi connectivity index (χ2n) is 16.7. The molecule has 1 aromatic heterocycles. The summed E-state index contributed by atoms with van der Waals surface area (Å²) in [5, 5.41) is 2.53. The van der Waals surface area contributed by atoms with Gasteiger partial charge >= 0.3 is 0 Å². The lowest BCUT2D eigenvalue weighted by Crippen LogP contribution is -2.96. The Kier molecular flexibility index (Phi) is 7.06. The van der Waals surface area contributed by atoms with Crippen molar-refractivity contribution in [3.63, 3.8) is 0 Å². The molecule has 268 valence electrons. The fourth-order valence-corrected chi connectivity index (χ4v) is 10.1. The lowest BCUT2D eigenvalue weighted by molar-refractivity contribution is -0.681. The first kappa shape index (κ1) is 32.9. The Labute approximate surface area is 328 Å². The molecule has 56 heavy (non-hydrogen) atoms. The molecule has 2 aliphatic rings. The molecule has 0 spiro atoms. The number of benzene rings is 8. The van der Waals surface area contributed by atoms with Crippen molar-refractivity contribution in [2.45, 2.75) is 38.5 Å². The van der Waals surface area contributed by atoms with Gasteiger partial charge < -0.3 is 4.57 Å². The van der Waals surface area contributed by atoms with E-state index >= 15 is 0 Å². The van der Waals surface area contributed by atoms with E-state index in [4.69, 9.17) is 0 Å². The van der Waals surface area contributed by atoms with Crippen molar-refractivity contribution >= 4 is 38.9 Å². The maximum atomic E-state index is 2.47. The van der Waals surface area contributed by atoms with E-state index in [-0.39, 0.29) is 10.8 Å². The van der Waals surface area contributed by atoms with Crippen LogP contribution >= 0.6 is 0 Å². The number of quaternary nitrogens is 1. The molecular formula is C54H43N2+. The summed E-state index contributed by atoms with van der Waals surface area (Å²) in [7, 11) is 0. The van der Waals surface area contributed by atoms with Crippen molar-refractivity contribution in [2.75, 3.05) is 0 Å². The first-order valence-corrected chi connectivity index (χ1v) is 19.8. The molecule has 1 heterocycles. The lowest BCUT2D eigenvalue weighted by Gasteiger charge is -2.25. The maximum absolute atomic E-state index is 2.47. The van der Waals surface area contributed by atoms with Crippen LogP contribution in [0, 0.1) is 0 Å². The first-order chi connectivity index (χ1) is 27.3. The highest BCUT2D eigenvalue weighted by atomic mass is 15.1. The van der Waals surface area contributed by atoms with Gasteiger partial charge in [-0.25, -0.2) is 4.90 Å². The number of hydrogen-bond donors (Lipinski definition) is 1. The Bertz CT molecular complexity index is 2910. The monoisotopic (exact) mass is 719 g/mol. The number of rotatable bonds is 5. The zero-order chi connectivity index (χ0) is 37.8. The van der Waals surface area contributed by atoms with Crippen molar-refractivity contribution in [2.24, 2.45) is 0 Å². The van der Waals surface area contributed by atoms with Crippen LogP contribution in [0.25, 0.3) is 60.9 Å². The normalized spacial score (nSPS) is 14.5. The number of para-hydroxylation sites is 2. The van der Waals surface area contributed by atoms with Crippen molar-refractivity contribution in [1.29, 1.82) is 0 Å². The third kappa shape index (κ3) is 4.73. The Hall–Kier alpha value is -6.48. The van der Waals surface area contributed by atoms with E-state index in [1.165, 1.54) is 105 Å². The largest absolute Gasteiger partial charge is 0.309 e. The molecule has 2 aliphatic carbocycles. The molecule has 11 rings (SSSR count). The number of fused-ring (bicyclic) bond motifs is 9. The van der Waals surface area contributed by atoms with Gasteiger partial charge in [0.2, 0.25) is 0 Å². The molecule has 0 amide bonds. The Morgan fingerprint density at radius 1 is 0.357 bits per heavy atom.